The minimum Gasteiger partial charge on any atom is -0.497 e. The van der Waals surface area contributed by atoms with Gasteiger partial charge in [0.15, 0.2) is 0 Å². The number of nitrogens with one attached hydrogen (secondary N) is 2. The Kier molecular flexibility index (Phi) is 8.07. The highest BCUT2D eigenvalue weighted by atomic mass is 32.2. The second kappa shape index (κ2) is 11.2. The summed E-state index contributed by atoms with van der Waals surface area (Å²) in [5.74, 6) is 0.163. The number of sulfonamides is 1. The van der Waals surface area contributed by atoms with E-state index in [1.54, 1.807) is 36.4 Å². The second-order valence-corrected chi connectivity index (χ2v) is 11.1. The van der Waals surface area contributed by atoms with Gasteiger partial charge in [-0.2, -0.15) is 4.31 Å². The molecule has 2 N–H and O–H groups in total. The van der Waals surface area contributed by atoms with Crippen LogP contribution in [0.3, 0.4) is 0 Å². The van der Waals surface area contributed by atoms with Crippen LogP contribution in [0.2, 0.25) is 0 Å². The van der Waals surface area contributed by atoms with Crippen molar-refractivity contribution in [1.29, 1.82) is 0 Å². The van der Waals surface area contributed by atoms with Gasteiger partial charge in [0.1, 0.15) is 5.75 Å². The Labute approximate surface area is 207 Å². The van der Waals surface area contributed by atoms with E-state index in [-0.39, 0.29) is 34.7 Å². The van der Waals surface area contributed by atoms with Gasteiger partial charge in [0.2, 0.25) is 15.9 Å². The second-order valence-electron chi connectivity index (χ2n) is 9.20. The predicted molar refractivity (Wildman–Crippen MR) is 133 cm³/mol. The molecule has 8 nitrogen and oxygen atoms in total. The van der Waals surface area contributed by atoms with Gasteiger partial charge in [-0.15, -0.1) is 0 Å². The van der Waals surface area contributed by atoms with Crippen LogP contribution >= 0.6 is 0 Å². The topological polar surface area (TPSA) is 105 Å². The summed E-state index contributed by atoms with van der Waals surface area (Å²) < 4.78 is 32.5. The molecule has 2 aromatic carbocycles. The van der Waals surface area contributed by atoms with Crippen LogP contribution in [0.25, 0.3) is 0 Å². The van der Waals surface area contributed by atoms with Gasteiger partial charge in [0.05, 0.1) is 12.0 Å². The first-order valence-corrected chi connectivity index (χ1v) is 13.6. The summed E-state index contributed by atoms with van der Waals surface area (Å²) in [5, 5.41) is 6.25. The van der Waals surface area contributed by atoms with Gasteiger partial charge in [0, 0.05) is 36.7 Å². The van der Waals surface area contributed by atoms with Crippen molar-refractivity contribution in [2.45, 2.75) is 55.5 Å². The van der Waals surface area contributed by atoms with Crippen molar-refractivity contribution < 1.29 is 22.7 Å². The number of piperidine rings is 1. The number of benzene rings is 2. The molecule has 9 heteroatoms. The molecule has 0 bridgehead atoms. The van der Waals surface area contributed by atoms with Crippen LogP contribution in [-0.2, 0) is 14.8 Å². The molecule has 0 spiro atoms. The van der Waals surface area contributed by atoms with E-state index in [1.807, 2.05) is 18.2 Å². The fourth-order valence-electron chi connectivity index (χ4n) is 4.87. The van der Waals surface area contributed by atoms with Crippen LogP contribution in [0, 0.1) is 5.92 Å². The molecule has 188 valence electrons. The van der Waals surface area contributed by atoms with Crippen LogP contribution in [0.5, 0.6) is 5.75 Å². The lowest BCUT2D eigenvalue weighted by Gasteiger charge is -2.35. The van der Waals surface area contributed by atoms with Crippen LogP contribution in [-0.4, -0.2) is 56.8 Å². The summed E-state index contributed by atoms with van der Waals surface area (Å²) in [5.41, 5.74) is 0.605. The zero-order chi connectivity index (χ0) is 24.8. The molecule has 0 aromatic heterocycles. The largest absolute Gasteiger partial charge is 0.497 e. The zero-order valence-corrected chi connectivity index (χ0v) is 20.8. The van der Waals surface area contributed by atoms with Crippen LogP contribution in [0.15, 0.2) is 59.5 Å². The summed E-state index contributed by atoms with van der Waals surface area (Å²) in [6.45, 7) is 0.594. The van der Waals surface area contributed by atoms with Crippen molar-refractivity contribution >= 4 is 21.8 Å². The monoisotopic (exact) mass is 499 g/mol. The highest BCUT2D eigenvalue weighted by molar-refractivity contribution is 7.89. The van der Waals surface area contributed by atoms with Crippen LogP contribution in [0.4, 0.5) is 0 Å². The molecule has 2 aliphatic rings. The maximum atomic E-state index is 13.1. The molecular formula is C26H33N3O5S. The third kappa shape index (κ3) is 6.02. The number of amides is 2. The summed E-state index contributed by atoms with van der Waals surface area (Å²) >= 11 is 0. The highest BCUT2D eigenvalue weighted by Gasteiger charge is 2.34. The number of nitrogens with zero attached hydrogens (tertiary/aromatic N) is 1. The SMILES string of the molecule is COc1ccc(S(=O)(=O)N2CCC(C(=O)N[C@@H]3CCCC[C@H]3NC(=O)c3ccccc3)CC2)cc1. The van der Waals surface area contributed by atoms with Gasteiger partial charge < -0.3 is 15.4 Å². The quantitative estimate of drug-likeness (QED) is 0.610. The Morgan fingerprint density at radius 1 is 0.857 bits per heavy atom. The number of ether oxygens (including phenoxy) is 1. The van der Waals surface area contributed by atoms with Gasteiger partial charge in [-0.1, -0.05) is 31.0 Å². The Morgan fingerprint density at radius 3 is 2.06 bits per heavy atom. The van der Waals surface area contributed by atoms with Gasteiger partial charge in [-0.25, -0.2) is 8.42 Å². The third-order valence-corrected chi connectivity index (χ3v) is 8.88. The van der Waals surface area contributed by atoms with Crippen molar-refractivity contribution in [2.75, 3.05) is 20.2 Å². The smallest absolute Gasteiger partial charge is 0.251 e. The molecule has 1 saturated heterocycles. The summed E-state index contributed by atoms with van der Waals surface area (Å²) in [6, 6.07) is 15.2. The molecule has 1 aliphatic carbocycles. The van der Waals surface area contributed by atoms with E-state index >= 15 is 0 Å². The number of hydrogen-bond acceptors (Lipinski definition) is 5. The van der Waals surface area contributed by atoms with Crippen molar-refractivity contribution in [2.24, 2.45) is 5.92 Å². The predicted octanol–water partition coefficient (Wildman–Crippen LogP) is 2.95. The molecule has 4 rings (SSSR count). The molecule has 0 unspecified atom stereocenters. The summed E-state index contributed by atoms with van der Waals surface area (Å²) in [7, 11) is -2.08. The molecule has 0 radical (unpaired) electrons. The molecular weight excluding hydrogens is 466 g/mol. The number of carbonyl (C=O) groups excluding carboxylic acids is 2. The van der Waals surface area contributed by atoms with Gasteiger partial charge >= 0.3 is 0 Å². The van der Waals surface area contributed by atoms with E-state index in [0.717, 1.165) is 25.7 Å². The first-order valence-electron chi connectivity index (χ1n) is 12.2. The number of methoxy groups -OCH3 is 1. The minimum atomic E-state index is -3.61. The minimum absolute atomic E-state index is 0.0580. The molecule has 2 fully saturated rings. The summed E-state index contributed by atoms with van der Waals surface area (Å²) in [4.78, 5) is 25.9. The normalized spacial score (nSPS) is 21.7. The number of carbonyl (C=O) groups is 2. The van der Waals surface area contributed by atoms with Crippen molar-refractivity contribution in [1.82, 2.24) is 14.9 Å². The van der Waals surface area contributed by atoms with E-state index in [2.05, 4.69) is 10.6 Å². The summed E-state index contributed by atoms with van der Waals surface area (Å²) in [6.07, 6.45) is 4.58. The van der Waals surface area contributed by atoms with Gasteiger partial charge in [-0.05, 0) is 62.1 Å². The maximum Gasteiger partial charge on any atom is 0.251 e. The first kappa shape index (κ1) is 25.2. The Morgan fingerprint density at radius 2 is 1.46 bits per heavy atom. The average Bonchev–Trinajstić information content (AvgIpc) is 2.90. The van der Waals surface area contributed by atoms with E-state index in [0.29, 0.717) is 37.2 Å². The fraction of sp³-hybridized carbons (Fsp3) is 0.462. The van der Waals surface area contributed by atoms with Crippen molar-refractivity contribution in [3.05, 3.63) is 60.2 Å². The molecule has 1 aliphatic heterocycles. The van der Waals surface area contributed by atoms with Gasteiger partial charge in [0.25, 0.3) is 5.91 Å². The lowest BCUT2D eigenvalue weighted by Crippen LogP contribution is -2.55. The molecule has 35 heavy (non-hydrogen) atoms. The molecule has 1 saturated carbocycles. The Hall–Kier alpha value is -2.91. The van der Waals surface area contributed by atoms with Crippen molar-refractivity contribution in [3.8, 4) is 5.75 Å². The molecule has 2 atom stereocenters. The Bertz CT molecular complexity index is 1110. The average molecular weight is 500 g/mol. The Balaban J connectivity index is 1.32. The van der Waals surface area contributed by atoms with E-state index in [1.165, 1.54) is 11.4 Å². The lowest BCUT2D eigenvalue weighted by molar-refractivity contribution is -0.127. The van der Waals surface area contributed by atoms with E-state index < -0.39 is 10.0 Å². The molecule has 2 aromatic rings. The highest BCUT2D eigenvalue weighted by Crippen LogP contribution is 2.26. The zero-order valence-electron chi connectivity index (χ0n) is 20.0. The lowest BCUT2D eigenvalue weighted by atomic mass is 9.88. The maximum absolute atomic E-state index is 13.1. The van der Waals surface area contributed by atoms with E-state index in [4.69, 9.17) is 4.74 Å². The van der Waals surface area contributed by atoms with Crippen LogP contribution in [0.1, 0.15) is 48.9 Å². The van der Waals surface area contributed by atoms with Crippen LogP contribution < -0.4 is 15.4 Å². The molecule has 2 amide bonds. The fourth-order valence-corrected chi connectivity index (χ4v) is 6.34. The standard InChI is InChI=1S/C26H33N3O5S/c1-34-21-11-13-22(14-12-21)35(32,33)29-17-15-20(16-18-29)26(31)28-24-10-6-5-9-23(24)27-25(30)19-7-3-2-4-8-19/h2-4,7-8,11-14,20,23-24H,5-6,9-10,15-18H2,1H3,(H,27,30)(H,28,31)/t23-,24-/m1/s1. The number of hydrogen-bond donors (Lipinski definition) is 2. The number of rotatable bonds is 7. The first-order chi connectivity index (χ1) is 16.9. The van der Waals surface area contributed by atoms with Gasteiger partial charge in [-0.3, -0.25) is 9.59 Å². The van der Waals surface area contributed by atoms with E-state index in [9.17, 15) is 18.0 Å². The third-order valence-electron chi connectivity index (χ3n) is 6.97. The van der Waals surface area contributed by atoms with Crippen molar-refractivity contribution in [3.63, 3.8) is 0 Å². The molecule has 1 heterocycles.